The molecular formula is C11H9BrClF3N2O2. The lowest BCUT2D eigenvalue weighted by Gasteiger charge is -2.12. The van der Waals surface area contributed by atoms with Gasteiger partial charge in [-0.15, -0.1) is 11.6 Å². The first kappa shape index (κ1) is 16.8. The zero-order chi connectivity index (χ0) is 15.3. The van der Waals surface area contributed by atoms with Gasteiger partial charge in [-0.2, -0.15) is 13.2 Å². The molecule has 0 atom stereocenters. The number of hydrogen-bond donors (Lipinski definition) is 2. The first-order valence-corrected chi connectivity index (χ1v) is 6.60. The van der Waals surface area contributed by atoms with Crippen molar-refractivity contribution < 1.29 is 22.8 Å². The summed E-state index contributed by atoms with van der Waals surface area (Å²) in [4.78, 5) is 22.4. The Morgan fingerprint density at radius 2 is 1.95 bits per heavy atom. The molecule has 2 N–H and O–H groups in total. The van der Waals surface area contributed by atoms with Crippen molar-refractivity contribution in [3.05, 3.63) is 28.2 Å². The van der Waals surface area contributed by atoms with Crippen molar-refractivity contribution in [1.82, 2.24) is 5.32 Å². The van der Waals surface area contributed by atoms with Crippen LogP contribution in [0.25, 0.3) is 0 Å². The van der Waals surface area contributed by atoms with Crippen molar-refractivity contribution in [3.8, 4) is 0 Å². The normalized spacial score (nSPS) is 11.1. The van der Waals surface area contributed by atoms with E-state index in [1.54, 1.807) is 0 Å². The molecule has 0 aliphatic heterocycles. The van der Waals surface area contributed by atoms with Gasteiger partial charge >= 0.3 is 12.2 Å². The van der Waals surface area contributed by atoms with Gasteiger partial charge in [-0.05, 0) is 18.2 Å². The van der Waals surface area contributed by atoms with E-state index in [1.807, 2.05) is 5.32 Å². The molecule has 4 nitrogen and oxygen atoms in total. The van der Waals surface area contributed by atoms with E-state index >= 15 is 0 Å². The topological polar surface area (TPSA) is 58.2 Å². The van der Waals surface area contributed by atoms with E-state index in [2.05, 4.69) is 21.2 Å². The Morgan fingerprint density at radius 1 is 1.30 bits per heavy atom. The maximum Gasteiger partial charge on any atom is 0.417 e. The second kappa shape index (κ2) is 6.94. The van der Waals surface area contributed by atoms with E-state index in [-0.39, 0.29) is 22.5 Å². The Labute approximate surface area is 125 Å². The Morgan fingerprint density at radius 3 is 2.50 bits per heavy atom. The zero-order valence-corrected chi connectivity index (χ0v) is 12.2. The van der Waals surface area contributed by atoms with E-state index in [9.17, 15) is 22.8 Å². The molecule has 1 rings (SSSR count). The first-order chi connectivity index (χ1) is 9.24. The summed E-state index contributed by atoms with van der Waals surface area (Å²) in [7, 11) is 0. The van der Waals surface area contributed by atoms with E-state index in [1.165, 1.54) is 6.07 Å². The van der Waals surface area contributed by atoms with Crippen LogP contribution in [-0.4, -0.2) is 17.8 Å². The second-order valence-electron chi connectivity index (χ2n) is 3.63. The number of anilines is 1. The highest BCUT2D eigenvalue weighted by Crippen LogP contribution is 2.36. The lowest BCUT2D eigenvalue weighted by Crippen LogP contribution is -2.34. The monoisotopic (exact) mass is 372 g/mol. The van der Waals surface area contributed by atoms with E-state index in [4.69, 9.17) is 11.6 Å². The minimum absolute atomic E-state index is 0.0373. The first-order valence-electron chi connectivity index (χ1n) is 5.27. The van der Waals surface area contributed by atoms with E-state index < -0.39 is 23.7 Å². The third kappa shape index (κ3) is 5.01. The lowest BCUT2D eigenvalue weighted by atomic mass is 10.2. The van der Waals surface area contributed by atoms with Crippen LogP contribution in [0, 0.1) is 0 Å². The highest BCUT2D eigenvalue weighted by molar-refractivity contribution is 9.10. The summed E-state index contributed by atoms with van der Waals surface area (Å²) < 4.78 is 37.8. The van der Waals surface area contributed by atoms with Crippen LogP contribution in [0.5, 0.6) is 0 Å². The summed E-state index contributed by atoms with van der Waals surface area (Å²) >= 11 is 8.08. The van der Waals surface area contributed by atoms with Gasteiger partial charge in [-0.1, -0.05) is 15.9 Å². The highest BCUT2D eigenvalue weighted by Gasteiger charge is 2.33. The fraction of sp³-hybridized carbons (Fsp3) is 0.273. The van der Waals surface area contributed by atoms with Crippen LogP contribution in [0.15, 0.2) is 22.7 Å². The number of halogens is 5. The molecule has 0 aliphatic rings. The van der Waals surface area contributed by atoms with Crippen LogP contribution in [-0.2, 0) is 11.0 Å². The Hall–Kier alpha value is -1.28. The number of rotatable bonds is 3. The number of carbonyl (C=O) groups excluding carboxylic acids is 2. The molecule has 20 heavy (non-hydrogen) atoms. The number of urea groups is 1. The molecule has 1 aromatic rings. The van der Waals surface area contributed by atoms with Gasteiger partial charge < -0.3 is 5.32 Å². The van der Waals surface area contributed by atoms with Crippen LogP contribution in [0.2, 0.25) is 0 Å². The molecule has 0 spiro atoms. The summed E-state index contributed by atoms with van der Waals surface area (Å²) in [6, 6.07) is 2.26. The molecular weight excluding hydrogens is 364 g/mol. The quantitative estimate of drug-likeness (QED) is 0.793. The smallest absolute Gasteiger partial charge is 0.308 e. The summed E-state index contributed by atoms with van der Waals surface area (Å²) in [6.45, 7) is 0. The maximum absolute atomic E-state index is 12.6. The third-order valence-corrected chi connectivity index (χ3v) is 2.98. The van der Waals surface area contributed by atoms with E-state index in [0.717, 1.165) is 12.1 Å². The van der Waals surface area contributed by atoms with Gasteiger partial charge in [0.25, 0.3) is 0 Å². The molecule has 9 heteroatoms. The molecule has 0 bridgehead atoms. The molecule has 1 aromatic carbocycles. The van der Waals surface area contributed by atoms with Gasteiger partial charge in [0.2, 0.25) is 5.91 Å². The molecule has 3 amide bonds. The number of amides is 3. The van der Waals surface area contributed by atoms with Crippen LogP contribution in [0.3, 0.4) is 0 Å². The summed E-state index contributed by atoms with van der Waals surface area (Å²) in [5, 5.41) is 4.07. The maximum atomic E-state index is 12.6. The van der Waals surface area contributed by atoms with Gasteiger partial charge in [0.1, 0.15) is 0 Å². The molecule has 0 aliphatic carbocycles. The number of nitrogens with one attached hydrogen (secondary N) is 2. The van der Waals surface area contributed by atoms with E-state index in [0.29, 0.717) is 0 Å². The van der Waals surface area contributed by atoms with Crippen molar-refractivity contribution in [2.45, 2.75) is 12.6 Å². The Kier molecular flexibility index (Phi) is 5.82. The molecule has 0 saturated heterocycles. The number of hydrogen-bond acceptors (Lipinski definition) is 2. The highest BCUT2D eigenvalue weighted by atomic mass is 79.9. The standard InChI is InChI=1S/C11H9BrClF3N2O2/c12-8-2-1-6(5-7(8)11(14,15)16)17-10(20)18-9(19)3-4-13/h1-2,5H,3-4H2,(H2,17,18,19,20). The second-order valence-corrected chi connectivity index (χ2v) is 4.87. The van der Waals surface area contributed by atoms with Crippen LogP contribution in [0.1, 0.15) is 12.0 Å². The van der Waals surface area contributed by atoms with Crippen molar-refractivity contribution in [3.63, 3.8) is 0 Å². The van der Waals surface area contributed by atoms with Gasteiger partial charge in [0.15, 0.2) is 0 Å². The fourth-order valence-corrected chi connectivity index (χ4v) is 1.90. The van der Waals surface area contributed by atoms with Crippen molar-refractivity contribution in [2.75, 3.05) is 11.2 Å². The average Bonchev–Trinajstić information content (AvgIpc) is 2.30. The third-order valence-electron chi connectivity index (χ3n) is 2.10. The van der Waals surface area contributed by atoms with Crippen molar-refractivity contribution in [2.24, 2.45) is 0 Å². The molecule has 0 aromatic heterocycles. The predicted molar refractivity (Wildman–Crippen MR) is 71.6 cm³/mol. The number of benzene rings is 1. The van der Waals surface area contributed by atoms with Gasteiger partial charge in [0, 0.05) is 22.5 Å². The van der Waals surface area contributed by atoms with Crippen molar-refractivity contribution >= 4 is 45.2 Å². The average molecular weight is 374 g/mol. The summed E-state index contributed by atoms with van der Waals surface area (Å²) in [5.41, 5.74) is -1.01. The molecule has 0 heterocycles. The minimum Gasteiger partial charge on any atom is -0.308 e. The SMILES string of the molecule is O=C(CCCl)NC(=O)Nc1ccc(Br)c(C(F)(F)F)c1. The fourth-order valence-electron chi connectivity index (χ4n) is 1.26. The number of alkyl halides is 4. The van der Waals surface area contributed by atoms with Crippen molar-refractivity contribution in [1.29, 1.82) is 0 Å². The molecule has 0 unspecified atom stereocenters. The molecule has 110 valence electrons. The van der Waals surface area contributed by atoms with Gasteiger partial charge in [-0.3, -0.25) is 10.1 Å². The number of imide groups is 1. The van der Waals surface area contributed by atoms with Crippen LogP contribution in [0.4, 0.5) is 23.7 Å². The minimum atomic E-state index is -4.55. The lowest BCUT2D eigenvalue weighted by molar-refractivity contribution is -0.138. The largest absolute Gasteiger partial charge is 0.417 e. The molecule has 0 fully saturated rings. The molecule has 0 radical (unpaired) electrons. The molecule has 0 saturated carbocycles. The van der Waals surface area contributed by atoms with Crippen LogP contribution >= 0.6 is 27.5 Å². The zero-order valence-electron chi connectivity index (χ0n) is 9.85. The summed E-state index contributed by atoms with van der Waals surface area (Å²) in [6.07, 6.45) is -4.62. The van der Waals surface area contributed by atoms with Gasteiger partial charge in [0.05, 0.1) is 5.56 Å². The Bertz CT molecular complexity index is 523. The Balaban J connectivity index is 2.79. The predicted octanol–water partition coefficient (Wildman–Crippen LogP) is 3.74. The number of carbonyl (C=O) groups is 2. The van der Waals surface area contributed by atoms with Crippen LogP contribution < -0.4 is 10.6 Å². The van der Waals surface area contributed by atoms with Gasteiger partial charge in [-0.25, -0.2) is 4.79 Å². The summed E-state index contributed by atoms with van der Waals surface area (Å²) in [5.74, 6) is -0.582.